The van der Waals surface area contributed by atoms with Gasteiger partial charge in [0, 0.05) is 44.5 Å². The second-order valence-electron chi connectivity index (χ2n) is 9.78. The van der Waals surface area contributed by atoms with E-state index in [9.17, 15) is 9.59 Å². The van der Waals surface area contributed by atoms with Gasteiger partial charge in [-0.25, -0.2) is 0 Å². The van der Waals surface area contributed by atoms with Gasteiger partial charge in [0.05, 0.1) is 12.7 Å². The second kappa shape index (κ2) is 11.5. The first kappa shape index (κ1) is 24.2. The van der Waals surface area contributed by atoms with Crippen LogP contribution in [0.4, 0.5) is 0 Å². The number of ether oxygens (including phenoxy) is 1. The molecule has 0 bridgehead atoms. The fourth-order valence-electron chi connectivity index (χ4n) is 5.62. The van der Waals surface area contributed by atoms with Crippen LogP contribution in [0, 0.1) is 11.8 Å². The Morgan fingerprint density at radius 1 is 1.09 bits per heavy atom. The number of carbonyl (C=O) groups is 2. The maximum atomic E-state index is 13.3. The average Bonchev–Trinajstić information content (AvgIpc) is 2.91. The van der Waals surface area contributed by atoms with Crippen molar-refractivity contribution in [3.8, 4) is 5.75 Å². The van der Waals surface area contributed by atoms with Crippen molar-refractivity contribution in [2.75, 3.05) is 27.2 Å². The Bertz CT molecular complexity index is 950. The maximum Gasteiger partial charge on any atom is 0.255 e. The van der Waals surface area contributed by atoms with E-state index in [0.717, 1.165) is 56.5 Å². The summed E-state index contributed by atoms with van der Waals surface area (Å²) < 4.78 is 5.42. The normalized spacial score (nSPS) is 18.4. The highest BCUT2D eigenvalue weighted by atomic mass is 16.5. The van der Waals surface area contributed by atoms with Crippen molar-refractivity contribution >= 4 is 11.8 Å². The Morgan fingerprint density at radius 2 is 1.85 bits per heavy atom. The molecule has 1 atom stereocenters. The largest absolute Gasteiger partial charge is 0.497 e. The highest BCUT2D eigenvalue weighted by Crippen LogP contribution is 2.31. The van der Waals surface area contributed by atoms with E-state index in [-0.39, 0.29) is 17.9 Å². The summed E-state index contributed by atoms with van der Waals surface area (Å²) in [5, 5.41) is 0. The van der Waals surface area contributed by atoms with E-state index >= 15 is 0 Å². The third-order valence-corrected chi connectivity index (χ3v) is 7.66. The van der Waals surface area contributed by atoms with Gasteiger partial charge in [0.2, 0.25) is 5.91 Å². The molecule has 6 nitrogen and oxygen atoms in total. The molecule has 0 spiro atoms. The lowest BCUT2D eigenvalue weighted by Crippen LogP contribution is -2.49. The highest BCUT2D eigenvalue weighted by Gasteiger charge is 2.35. The van der Waals surface area contributed by atoms with Crippen LogP contribution >= 0.6 is 0 Å². The summed E-state index contributed by atoms with van der Waals surface area (Å²) in [6, 6.07) is 11.7. The van der Waals surface area contributed by atoms with Crippen molar-refractivity contribution in [1.29, 1.82) is 0 Å². The van der Waals surface area contributed by atoms with Crippen LogP contribution in [0.5, 0.6) is 5.75 Å². The van der Waals surface area contributed by atoms with E-state index in [1.54, 1.807) is 25.6 Å². The van der Waals surface area contributed by atoms with Crippen molar-refractivity contribution in [2.45, 2.75) is 57.4 Å². The monoisotopic (exact) mass is 463 g/mol. The first-order valence-electron chi connectivity index (χ1n) is 12.7. The molecule has 4 rings (SSSR count). The molecule has 2 aromatic rings. The predicted molar refractivity (Wildman–Crippen MR) is 133 cm³/mol. The van der Waals surface area contributed by atoms with Gasteiger partial charge >= 0.3 is 0 Å². The van der Waals surface area contributed by atoms with Crippen molar-refractivity contribution in [3.63, 3.8) is 0 Å². The number of methoxy groups -OCH3 is 1. The first-order valence-corrected chi connectivity index (χ1v) is 12.7. The molecule has 2 aliphatic rings. The maximum absolute atomic E-state index is 13.3. The lowest BCUT2D eigenvalue weighted by molar-refractivity contribution is -0.138. The van der Waals surface area contributed by atoms with Gasteiger partial charge in [0.25, 0.3) is 5.91 Å². The molecule has 2 heterocycles. The molecule has 1 aromatic heterocycles. The molecule has 0 unspecified atom stereocenters. The van der Waals surface area contributed by atoms with Crippen LogP contribution in [-0.2, 0) is 11.2 Å². The number of likely N-dealkylation sites (tertiary alicyclic amines) is 1. The molecular formula is C28H37N3O3. The Morgan fingerprint density at radius 3 is 2.53 bits per heavy atom. The number of nitrogens with zero attached hydrogens (tertiary/aromatic N) is 3. The Balaban J connectivity index is 1.48. The van der Waals surface area contributed by atoms with Crippen LogP contribution in [0.1, 0.15) is 60.9 Å². The van der Waals surface area contributed by atoms with Gasteiger partial charge in [-0.05, 0) is 67.9 Å². The summed E-state index contributed by atoms with van der Waals surface area (Å²) in [6.07, 6.45) is 11.6. The Kier molecular flexibility index (Phi) is 8.20. The van der Waals surface area contributed by atoms with E-state index in [1.165, 1.54) is 19.3 Å². The zero-order valence-electron chi connectivity index (χ0n) is 20.5. The molecule has 6 heteroatoms. The standard InChI is InChI=1S/C28H37N3O3/c1-30(27(32)24-11-7-15-29-20-24)26(19-21-8-6-12-25(18-21)34-2)22-13-16-31(17-14-22)28(33)23-9-4-3-5-10-23/h6-8,11-12,15,18,20,22-23,26H,3-5,9-10,13-14,16-17,19H2,1-2H3/t26-/m0/s1. The summed E-state index contributed by atoms with van der Waals surface area (Å²) in [5.74, 6) is 1.70. The molecule has 2 amide bonds. The number of rotatable bonds is 7. The van der Waals surface area contributed by atoms with Crippen molar-refractivity contribution < 1.29 is 14.3 Å². The van der Waals surface area contributed by atoms with Crippen LogP contribution in [0.15, 0.2) is 48.8 Å². The van der Waals surface area contributed by atoms with E-state index in [1.807, 2.05) is 30.1 Å². The fourth-order valence-corrected chi connectivity index (χ4v) is 5.62. The second-order valence-corrected chi connectivity index (χ2v) is 9.78. The number of aromatic nitrogens is 1. The zero-order chi connectivity index (χ0) is 23.9. The van der Waals surface area contributed by atoms with Gasteiger partial charge < -0.3 is 14.5 Å². The summed E-state index contributed by atoms with van der Waals surface area (Å²) in [5.41, 5.74) is 1.75. The number of likely N-dealkylation sites (N-methyl/N-ethyl adjacent to an activating group) is 1. The summed E-state index contributed by atoms with van der Waals surface area (Å²) >= 11 is 0. The topological polar surface area (TPSA) is 62.7 Å². The van der Waals surface area contributed by atoms with E-state index in [4.69, 9.17) is 4.74 Å². The third-order valence-electron chi connectivity index (χ3n) is 7.66. The Labute approximate surface area is 203 Å². The molecule has 0 radical (unpaired) electrons. The number of hydrogen-bond donors (Lipinski definition) is 0. The van der Waals surface area contributed by atoms with E-state index < -0.39 is 0 Å². The van der Waals surface area contributed by atoms with Gasteiger partial charge in [0.15, 0.2) is 0 Å². The van der Waals surface area contributed by atoms with E-state index in [0.29, 0.717) is 17.4 Å². The van der Waals surface area contributed by atoms with E-state index in [2.05, 4.69) is 22.0 Å². The molecular weight excluding hydrogens is 426 g/mol. The number of hydrogen-bond acceptors (Lipinski definition) is 4. The first-order chi connectivity index (χ1) is 16.6. The molecule has 0 N–H and O–H groups in total. The molecule has 182 valence electrons. The molecule has 1 saturated heterocycles. The third kappa shape index (κ3) is 5.78. The zero-order valence-corrected chi connectivity index (χ0v) is 20.5. The van der Waals surface area contributed by atoms with Crippen molar-refractivity contribution in [1.82, 2.24) is 14.8 Å². The van der Waals surface area contributed by atoms with Gasteiger partial charge in [-0.1, -0.05) is 31.4 Å². The molecule has 1 aromatic carbocycles. The minimum absolute atomic E-state index is 0.0123. The van der Waals surface area contributed by atoms with Crippen LogP contribution in [-0.4, -0.2) is 59.9 Å². The van der Waals surface area contributed by atoms with Crippen molar-refractivity contribution in [2.24, 2.45) is 11.8 Å². The fraction of sp³-hybridized carbons (Fsp3) is 0.536. The molecule has 1 aliphatic carbocycles. The Hall–Kier alpha value is -2.89. The lowest BCUT2D eigenvalue weighted by Gasteiger charge is -2.41. The minimum atomic E-state index is -0.0123. The van der Waals surface area contributed by atoms with Crippen LogP contribution in [0.25, 0.3) is 0 Å². The molecule has 34 heavy (non-hydrogen) atoms. The summed E-state index contributed by atoms with van der Waals surface area (Å²) in [7, 11) is 3.58. The predicted octanol–water partition coefficient (Wildman–Crippen LogP) is 4.59. The average molecular weight is 464 g/mol. The number of benzene rings is 1. The number of pyridine rings is 1. The SMILES string of the molecule is COc1cccc(C[C@@H](C2CCN(C(=O)C3CCCCC3)CC2)N(C)C(=O)c2cccnc2)c1. The van der Waals surface area contributed by atoms with Gasteiger partial charge in [-0.3, -0.25) is 14.6 Å². The van der Waals surface area contributed by atoms with Gasteiger partial charge in [-0.15, -0.1) is 0 Å². The van der Waals surface area contributed by atoms with Crippen LogP contribution < -0.4 is 4.74 Å². The lowest BCUT2D eigenvalue weighted by atomic mass is 9.83. The summed E-state index contributed by atoms with van der Waals surface area (Å²) in [4.78, 5) is 34.5. The molecule has 2 fully saturated rings. The molecule has 1 saturated carbocycles. The minimum Gasteiger partial charge on any atom is -0.497 e. The van der Waals surface area contributed by atoms with Crippen LogP contribution in [0.3, 0.4) is 0 Å². The van der Waals surface area contributed by atoms with Crippen molar-refractivity contribution in [3.05, 3.63) is 59.9 Å². The number of amides is 2. The quantitative estimate of drug-likeness (QED) is 0.602. The molecule has 1 aliphatic heterocycles. The van der Waals surface area contributed by atoms with Crippen LogP contribution in [0.2, 0.25) is 0 Å². The highest BCUT2D eigenvalue weighted by molar-refractivity contribution is 5.94. The number of piperidine rings is 1. The summed E-state index contributed by atoms with van der Waals surface area (Å²) in [6.45, 7) is 1.56. The van der Waals surface area contributed by atoms with Gasteiger partial charge in [0.1, 0.15) is 5.75 Å². The van der Waals surface area contributed by atoms with Gasteiger partial charge in [-0.2, -0.15) is 0 Å². The number of carbonyl (C=O) groups excluding carboxylic acids is 2. The smallest absolute Gasteiger partial charge is 0.255 e.